The third-order valence-corrected chi connectivity index (χ3v) is 7.99. The first-order valence-electron chi connectivity index (χ1n) is 13.3. The molecule has 2 bridgehead atoms. The molecule has 4 rings (SSSR count). The summed E-state index contributed by atoms with van der Waals surface area (Å²) in [6, 6.07) is 5.57. The Bertz CT molecular complexity index is 1050. The Morgan fingerprint density at radius 3 is 2.38 bits per heavy atom. The lowest BCUT2D eigenvalue weighted by Gasteiger charge is -2.39. The minimum Gasteiger partial charge on any atom is -0.494 e. The van der Waals surface area contributed by atoms with Crippen LogP contribution in [-0.4, -0.2) is 69.8 Å². The Labute approximate surface area is 219 Å². The number of ether oxygens (including phenoxy) is 2. The van der Waals surface area contributed by atoms with Crippen LogP contribution in [0.1, 0.15) is 61.3 Å². The second kappa shape index (κ2) is 9.58. The van der Waals surface area contributed by atoms with E-state index >= 15 is 0 Å². The van der Waals surface area contributed by atoms with Gasteiger partial charge < -0.3 is 30.1 Å². The minimum absolute atomic E-state index is 0.0990. The number of nitrogens with zero attached hydrogens (tertiary/aromatic N) is 1. The molecule has 204 valence electrons. The van der Waals surface area contributed by atoms with Crippen molar-refractivity contribution in [2.24, 2.45) is 17.8 Å². The molecule has 2 unspecified atom stereocenters. The highest BCUT2D eigenvalue weighted by Gasteiger charge is 2.78. The summed E-state index contributed by atoms with van der Waals surface area (Å²) in [6.45, 7) is 13.5. The van der Waals surface area contributed by atoms with Crippen molar-refractivity contribution in [2.75, 3.05) is 18.5 Å². The predicted molar refractivity (Wildman–Crippen MR) is 139 cm³/mol. The van der Waals surface area contributed by atoms with Crippen LogP contribution < -0.4 is 15.4 Å². The molecule has 0 aliphatic carbocycles. The molecular formula is C28H41N3O6. The summed E-state index contributed by atoms with van der Waals surface area (Å²) in [6.07, 6.45) is 1.04. The van der Waals surface area contributed by atoms with Gasteiger partial charge in [-0.2, -0.15) is 0 Å². The summed E-state index contributed by atoms with van der Waals surface area (Å²) in [5, 5.41) is 16.2. The first kappa shape index (κ1) is 27.4. The molecule has 0 aromatic heterocycles. The second-order valence-corrected chi connectivity index (χ2v) is 12.2. The van der Waals surface area contributed by atoms with Gasteiger partial charge >= 0.3 is 0 Å². The van der Waals surface area contributed by atoms with Gasteiger partial charge in [-0.15, -0.1) is 0 Å². The van der Waals surface area contributed by atoms with E-state index < -0.39 is 40.7 Å². The zero-order chi connectivity index (χ0) is 27.3. The summed E-state index contributed by atoms with van der Waals surface area (Å²) in [5.41, 5.74) is -1.95. The van der Waals surface area contributed by atoms with Crippen LogP contribution in [0.15, 0.2) is 24.3 Å². The Kier molecular flexibility index (Phi) is 7.09. The smallest absolute Gasteiger partial charge is 0.246 e. The third-order valence-electron chi connectivity index (χ3n) is 7.99. The van der Waals surface area contributed by atoms with Gasteiger partial charge in [-0.1, -0.05) is 13.8 Å². The van der Waals surface area contributed by atoms with Crippen LogP contribution in [0.5, 0.6) is 5.75 Å². The quantitative estimate of drug-likeness (QED) is 0.490. The number of aliphatic hydroxyl groups excluding tert-OH is 1. The van der Waals surface area contributed by atoms with Crippen molar-refractivity contribution >= 4 is 23.4 Å². The van der Waals surface area contributed by atoms with E-state index in [-0.39, 0.29) is 30.2 Å². The second-order valence-electron chi connectivity index (χ2n) is 12.2. The van der Waals surface area contributed by atoms with E-state index in [1.165, 1.54) is 4.90 Å². The van der Waals surface area contributed by atoms with Crippen molar-refractivity contribution in [3.05, 3.63) is 24.3 Å². The highest BCUT2D eigenvalue weighted by atomic mass is 16.5. The topological polar surface area (TPSA) is 117 Å². The van der Waals surface area contributed by atoms with E-state index in [2.05, 4.69) is 10.6 Å². The highest BCUT2D eigenvalue weighted by molar-refractivity contribution is 6.02. The van der Waals surface area contributed by atoms with E-state index in [0.717, 1.165) is 0 Å². The molecule has 3 aliphatic heterocycles. The molecular weight excluding hydrogens is 474 g/mol. The number of likely N-dealkylation sites (tertiary alicyclic amines) is 1. The molecule has 37 heavy (non-hydrogen) atoms. The van der Waals surface area contributed by atoms with Crippen LogP contribution in [0, 0.1) is 17.8 Å². The summed E-state index contributed by atoms with van der Waals surface area (Å²) >= 11 is 0. The van der Waals surface area contributed by atoms with Gasteiger partial charge in [-0.25, -0.2) is 0 Å². The SMILES string of the molecule is CCOc1ccc(NC(=O)[C@H]2[C@H]3C(=O)N([C@@H](CO)C(C)C)C(C(=O)NC(C)(C)C)C34CC[C@]2(C)O4)cc1. The molecule has 1 aromatic carbocycles. The largest absolute Gasteiger partial charge is 0.494 e. The van der Waals surface area contributed by atoms with Gasteiger partial charge in [0.1, 0.15) is 17.4 Å². The Hall–Kier alpha value is -2.65. The molecule has 3 amide bonds. The van der Waals surface area contributed by atoms with Crippen LogP contribution in [0.25, 0.3) is 0 Å². The number of carbonyl (C=O) groups excluding carboxylic acids is 3. The van der Waals surface area contributed by atoms with Crippen molar-refractivity contribution in [2.45, 2.75) is 90.1 Å². The zero-order valence-electron chi connectivity index (χ0n) is 23.0. The molecule has 3 fully saturated rings. The minimum atomic E-state index is -1.13. The van der Waals surface area contributed by atoms with Gasteiger partial charge in [0.05, 0.1) is 36.7 Å². The summed E-state index contributed by atoms with van der Waals surface area (Å²) in [4.78, 5) is 43.2. The lowest BCUT2D eigenvalue weighted by atomic mass is 9.66. The fraction of sp³-hybridized carbons (Fsp3) is 0.679. The zero-order valence-corrected chi connectivity index (χ0v) is 23.0. The molecule has 6 atom stereocenters. The van der Waals surface area contributed by atoms with E-state index in [0.29, 0.717) is 30.9 Å². The van der Waals surface area contributed by atoms with Gasteiger partial charge in [0.15, 0.2) is 0 Å². The molecule has 3 aliphatic rings. The maximum Gasteiger partial charge on any atom is 0.246 e. The lowest BCUT2D eigenvalue weighted by molar-refractivity contribution is -0.150. The molecule has 1 aromatic rings. The Balaban J connectivity index is 1.71. The fourth-order valence-corrected chi connectivity index (χ4v) is 6.50. The standard InChI is InChI=1S/C28H41N3O6/c1-8-36-18-11-9-17(10-12-18)29-23(33)20-21-25(35)31(19(15-32)16(2)3)22(24(34)30-26(4,5)6)28(21)14-13-27(20,7)37-28/h9-12,16,19-22,32H,8,13-15H2,1-7H3,(H,29,33)(H,30,34)/t19-,20+,21-,22?,27-,28?/m0/s1. The normalized spacial score (nSPS) is 31.4. The van der Waals surface area contributed by atoms with E-state index in [1.807, 2.05) is 48.5 Å². The number of hydrogen-bond donors (Lipinski definition) is 3. The number of aliphatic hydroxyl groups is 1. The van der Waals surface area contributed by atoms with Crippen LogP contribution >= 0.6 is 0 Å². The number of anilines is 1. The Morgan fingerprint density at radius 1 is 1.19 bits per heavy atom. The van der Waals surface area contributed by atoms with Gasteiger partial charge in [0.25, 0.3) is 0 Å². The number of hydrogen-bond acceptors (Lipinski definition) is 6. The number of fused-ring (bicyclic) bond motifs is 1. The fourth-order valence-electron chi connectivity index (χ4n) is 6.50. The molecule has 1 spiro atoms. The van der Waals surface area contributed by atoms with Crippen molar-refractivity contribution in [3.8, 4) is 5.75 Å². The molecule has 0 saturated carbocycles. The Morgan fingerprint density at radius 2 is 1.84 bits per heavy atom. The van der Waals surface area contributed by atoms with Gasteiger partial charge in [0, 0.05) is 11.2 Å². The average molecular weight is 516 g/mol. The summed E-state index contributed by atoms with van der Waals surface area (Å²) < 4.78 is 12.1. The van der Waals surface area contributed by atoms with Crippen molar-refractivity contribution < 1.29 is 29.0 Å². The van der Waals surface area contributed by atoms with E-state index in [4.69, 9.17) is 9.47 Å². The van der Waals surface area contributed by atoms with Crippen molar-refractivity contribution in [1.82, 2.24) is 10.2 Å². The van der Waals surface area contributed by atoms with Crippen molar-refractivity contribution in [3.63, 3.8) is 0 Å². The predicted octanol–water partition coefficient (Wildman–Crippen LogP) is 2.72. The van der Waals surface area contributed by atoms with Crippen LogP contribution in [0.2, 0.25) is 0 Å². The van der Waals surface area contributed by atoms with Gasteiger partial charge in [0.2, 0.25) is 17.7 Å². The third kappa shape index (κ3) is 4.61. The van der Waals surface area contributed by atoms with Crippen LogP contribution in [0.4, 0.5) is 5.69 Å². The maximum absolute atomic E-state index is 14.1. The monoisotopic (exact) mass is 515 g/mol. The van der Waals surface area contributed by atoms with Gasteiger partial charge in [-0.05, 0) is 77.6 Å². The lowest BCUT2D eigenvalue weighted by Crippen LogP contribution is -2.61. The first-order valence-corrected chi connectivity index (χ1v) is 13.3. The number of amides is 3. The van der Waals surface area contributed by atoms with Crippen LogP contribution in [-0.2, 0) is 19.1 Å². The summed E-state index contributed by atoms with van der Waals surface area (Å²) in [7, 11) is 0. The van der Waals surface area contributed by atoms with E-state index in [1.54, 1.807) is 24.3 Å². The molecule has 0 radical (unpaired) electrons. The number of carbonyl (C=O) groups is 3. The molecule has 9 nitrogen and oxygen atoms in total. The van der Waals surface area contributed by atoms with Crippen molar-refractivity contribution in [1.29, 1.82) is 0 Å². The average Bonchev–Trinajstić information content (AvgIpc) is 3.35. The van der Waals surface area contributed by atoms with E-state index in [9.17, 15) is 19.5 Å². The summed E-state index contributed by atoms with van der Waals surface area (Å²) in [5.74, 6) is -1.94. The molecule has 3 heterocycles. The molecule has 9 heteroatoms. The number of nitrogens with one attached hydrogen (secondary N) is 2. The number of rotatable bonds is 8. The molecule has 3 N–H and O–H groups in total. The maximum atomic E-state index is 14.1. The van der Waals surface area contributed by atoms with Gasteiger partial charge in [-0.3, -0.25) is 14.4 Å². The molecule has 3 saturated heterocycles. The first-order chi connectivity index (χ1) is 17.3. The highest BCUT2D eigenvalue weighted by Crippen LogP contribution is 2.63. The number of benzene rings is 1. The van der Waals surface area contributed by atoms with Crippen LogP contribution in [0.3, 0.4) is 0 Å².